The largest absolute Gasteiger partial charge is 0.457 e. The van der Waals surface area contributed by atoms with Crippen LogP contribution in [0, 0.1) is 0 Å². The van der Waals surface area contributed by atoms with Crippen molar-refractivity contribution in [1.82, 2.24) is 10.3 Å². The number of nitrogens with one attached hydrogen (secondary N) is 1. The maximum Gasteiger partial charge on any atom is 0.255 e. The Hall–Kier alpha value is -3.14. The van der Waals surface area contributed by atoms with E-state index in [0.717, 1.165) is 5.69 Å². The maximum atomic E-state index is 12.4. The Balaban J connectivity index is 1.64. The molecule has 2 aromatic carbocycles. The van der Waals surface area contributed by atoms with Crippen molar-refractivity contribution in [1.29, 1.82) is 0 Å². The lowest BCUT2D eigenvalue weighted by molar-refractivity contribution is 0.0952. The normalized spacial score (nSPS) is 10.2. The number of aromatic nitrogens is 1. The first kappa shape index (κ1) is 15.7. The second-order valence-corrected chi connectivity index (χ2v) is 5.24. The molecule has 0 aliphatic rings. The monoisotopic (exact) mass is 318 g/mol. The van der Waals surface area contributed by atoms with Gasteiger partial charge in [-0.2, -0.15) is 0 Å². The molecule has 0 saturated heterocycles. The molecule has 1 heterocycles. The smallest absolute Gasteiger partial charge is 0.255 e. The predicted molar refractivity (Wildman–Crippen MR) is 93.2 cm³/mol. The first-order valence-corrected chi connectivity index (χ1v) is 7.83. The molecular formula is C20H18N2O2. The molecule has 24 heavy (non-hydrogen) atoms. The summed E-state index contributed by atoms with van der Waals surface area (Å²) in [4.78, 5) is 16.7. The van der Waals surface area contributed by atoms with Gasteiger partial charge in [-0.1, -0.05) is 36.4 Å². The molecule has 0 aliphatic carbocycles. The zero-order chi connectivity index (χ0) is 16.6. The molecule has 4 nitrogen and oxygen atoms in total. The number of amides is 1. The van der Waals surface area contributed by atoms with Gasteiger partial charge in [-0.15, -0.1) is 0 Å². The molecule has 0 atom stereocenters. The zero-order valence-corrected chi connectivity index (χ0v) is 13.2. The summed E-state index contributed by atoms with van der Waals surface area (Å²) in [5.74, 6) is 1.09. The van der Waals surface area contributed by atoms with E-state index in [0.29, 0.717) is 30.0 Å². The number of hydrogen-bond donors (Lipinski definition) is 1. The lowest BCUT2D eigenvalue weighted by Gasteiger charge is -2.11. The van der Waals surface area contributed by atoms with Gasteiger partial charge in [0, 0.05) is 24.9 Å². The molecule has 1 aromatic heterocycles. The van der Waals surface area contributed by atoms with Crippen LogP contribution in [0.15, 0.2) is 79.0 Å². The van der Waals surface area contributed by atoms with Crippen molar-refractivity contribution >= 4 is 5.91 Å². The van der Waals surface area contributed by atoms with Crippen molar-refractivity contribution in [3.05, 3.63) is 90.3 Å². The first-order chi connectivity index (χ1) is 11.8. The minimum Gasteiger partial charge on any atom is -0.457 e. The Labute approximate surface area is 141 Å². The number of benzene rings is 2. The van der Waals surface area contributed by atoms with Gasteiger partial charge in [0.15, 0.2) is 0 Å². The first-order valence-electron chi connectivity index (χ1n) is 7.83. The predicted octanol–water partition coefficient (Wildman–Crippen LogP) is 3.85. The lowest BCUT2D eigenvalue weighted by Crippen LogP contribution is -2.26. The Morgan fingerprint density at radius 1 is 0.917 bits per heavy atom. The third kappa shape index (κ3) is 4.20. The SMILES string of the molecule is O=C(NCCc1ccccn1)c1ccccc1Oc1ccccc1. The highest BCUT2D eigenvalue weighted by atomic mass is 16.5. The summed E-state index contributed by atoms with van der Waals surface area (Å²) in [6, 6.07) is 22.4. The summed E-state index contributed by atoms with van der Waals surface area (Å²) in [5.41, 5.74) is 1.47. The van der Waals surface area contributed by atoms with Gasteiger partial charge in [-0.25, -0.2) is 0 Å². The van der Waals surface area contributed by atoms with Crippen LogP contribution in [-0.4, -0.2) is 17.4 Å². The fourth-order valence-corrected chi connectivity index (χ4v) is 2.30. The van der Waals surface area contributed by atoms with Gasteiger partial charge in [0.1, 0.15) is 11.5 Å². The van der Waals surface area contributed by atoms with Crippen molar-refractivity contribution in [3.63, 3.8) is 0 Å². The van der Waals surface area contributed by atoms with Crippen molar-refractivity contribution in [2.75, 3.05) is 6.54 Å². The number of ether oxygens (including phenoxy) is 1. The van der Waals surface area contributed by atoms with Crippen LogP contribution in [-0.2, 0) is 6.42 Å². The molecule has 1 amide bonds. The van der Waals surface area contributed by atoms with Crippen molar-refractivity contribution < 1.29 is 9.53 Å². The molecule has 1 N–H and O–H groups in total. The average molecular weight is 318 g/mol. The second kappa shape index (κ2) is 7.92. The summed E-state index contributed by atoms with van der Waals surface area (Å²) >= 11 is 0. The van der Waals surface area contributed by atoms with E-state index in [2.05, 4.69) is 10.3 Å². The topological polar surface area (TPSA) is 51.2 Å². The fourth-order valence-electron chi connectivity index (χ4n) is 2.30. The van der Waals surface area contributed by atoms with E-state index >= 15 is 0 Å². The number of nitrogens with zero attached hydrogens (tertiary/aromatic N) is 1. The van der Waals surface area contributed by atoms with Gasteiger partial charge < -0.3 is 10.1 Å². The number of rotatable bonds is 6. The van der Waals surface area contributed by atoms with Gasteiger partial charge in [-0.05, 0) is 36.4 Å². The molecular weight excluding hydrogens is 300 g/mol. The summed E-state index contributed by atoms with van der Waals surface area (Å²) in [7, 11) is 0. The number of para-hydroxylation sites is 2. The van der Waals surface area contributed by atoms with Crippen LogP contribution in [0.1, 0.15) is 16.1 Å². The molecule has 120 valence electrons. The maximum absolute atomic E-state index is 12.4. The van der Waals surface area contributed by atoms with E-state index in [9.17, 15) is 4.79 Å². The minimum absolute atomic E-state index is 0.155. The highest BCUT2D eigenvalue weighted by molar-refractivity contribution is 5.97. The highest BCUT2D eigenvalue weighted by Crippen LogP contribution is 2.24. The Bertz CT molecular complexity index is 789. The fraction of sp³-hybridized carbons (Fsp3) is 0.100. The molecule has 3 rings (SSSR count). The average Bonchev–Trinajstić information content (AvgIpc) is 2.64. The molecule has 0 bridgehead atoms. The molecule has 0 aliphatic heterocycles. The number of carbonyl (C=O) groups is 1. The van der Waals surface area contributed by atoms with E-state index < -0.39 is 0 Å². The molecule has 3 aromatic rings. The van der Waals surface area contributed by atoms with Crippen LogP contribution in [0.2, 0.25) is 0 Å². The van der Waals surface area contributed by atoms with E-state index in [4.69, 9.17) is 4.74 Å². The second-order valence-electron chi connectivity index (χ2n) is 5.24. The zero-order valence-electron chi connectivity index (χ0n) is 13.2. The quantitative estimate of drug-likeness (QED) is 0.751. The summed E-state index contributed by atoms with van der Waals surface area (Å²) in [6.45, 7) is 0.523. The van der Waals surface area contributed by atoms with E-state index in [-0.39, 0.29) is 5.91 Å². The minimum atomic E-state index is -0.155. The Morgan fingerprint density at radius 3 is 2.46 bits per heavy atom. The van der Waals surface area contributed by atoms with Crippen molar-refractivity contribution in [2.45, 2.75) is 6.42 Å². The lowest BCUT2D eigenvalue weighted by atomic mass is 10.2. The van der Waals surface area contributed by atoms with Gasteiger partial charge >= 0.3 is 0 Å². The Kier molecular flexibility index (Phi) is 5.20. The van der Waals surface area contributed by atoms with Crippen molar-refractivity contribution in [2.24, 2.45) is 0 Å². The van der Waals surface area contributed by atoms with Crippen LogP contribution in [0.25, 0.3) is 0 Å². The van der Waals surface area contributed by atoms with Gasteiger partial charge in [0.05, 0.1) is 5.56 Å². The van der Waals surface area contributed by atoms with Gasteiger partial charge in [-0.3, -0.25) is 9.78 Å². The van der Waals surface area contributed by atoms with Crippen LogP contribution in [0.4, 0.5) is 0 Å². The molecule has 0 fully saturated rings. The van der Waals surface area contributed by atoms with Crippen LogP contribution < -0.4 is 10.1 Å². The summed E-state index contributed by atoms with van der Waals surface area (Å²) in [6.07, 6.45) is 2.44. The van der Waals surface area contributed by atoms with Gasteiger partial charge in [0.25, 0.3) is 5.91 Å². The third-order valence-corrected chi connectivity index (χ3v) is 3.50. The Morgan fingerprint density at radius 2 is 1.67 bits per heavy atom. The molecule has 0 spiro atoms. The van der Waals surface area contributed by atoms with E-state index in [1.165, 1.54) is 0 Å². The van der Waals surface area contributed by atoms with Crippen molar-refractivity contribution in [3.8, 4) is 11.5 Å². The van der Waals surface area contributed by atoms with Crippen LogP contribution in [0.5, 0.6) is 11.5 Å². The van der Waals surface area contributed by atoms with Gasteiger partial charge in [0.2, 0.25) is 0 Å². The molecule has 0 unspecified atom stereocenters. The molecule has 0 saturated carbocycles. The van der Waals surface area contributed by atoms with Crippen LogP contribution >= 0.6 is 0 Å². The third-order valence-electron chi connectivity index (χ3n) is 3.50. The van der Waals surface area contributed by atoms with E-state index in [1.54, 1.807) is 18.3 Å². The summed E-state index contributed by atoms with van der Waals surface area (Å²) in [5, 5.41) is 2.91. The molecule has 0 radical (unpaired) electrons. The van der Waals surface area contributed by atoms with E-state index in [1.807, 2.05) is 60.7 Å². The number of hydrogen-bond acceptors (Lipinski definition) is 3. The van der Waals surface area contributed by atoms with Crippen LogP contribution in [0.3, 0.4) is 0 Å². The standard InChI is InChI=1S/C20H18N2O2/c23-20(22-15-13-16-8-6-7-14-21-16)18-11-4-5-12-19(18)24-17-9-2-1-3-10-17/h1-12,14H,13,15H2,(H,22,23). The molecule has 4 heteroatoms. The highest BCUT2D eigenvalue weighted by Gasteiger charge is 2.12. The summed E-state index contributed by atoms with van der Waals surface area (Å²) < 4.78 is 5.82. The number of carbonyl (C=O) groups excluding carboxylic acids is 1. The number of pyridine rings is 1.